The number of nitrogens with zero attached hydrogens (tertiary/aromatic N) is 2. The number of hydrogen-bond acceptors (Lipinski definition) is 2. The van der Waals surface area contributed by atoms with E-state index < -0.39 is 11.9 Å². The second kappa shape index (κ2) is 4.47. The van der Waals surface area contributed by atoms with E-state index in [1.165, 1.54) is 6.07 Å². The summed E-state index contributed by atoms with van der Waals surface area (Å²) in [4.78, 5) is 0. The normalized spacial score (nSPS) is 12.8. The molecule has 0 bridgehead atoms. The molecule has 0 radical (unpaired) electrons. The van der Waals surface area contributed by atoms with Crippen LogP contribution in [0, 0.1) is 12.7 Å². The van der Waals surface area contributed by atoms with Crippen molar-refractivity contribution in [3.05, 3.63) is 52.1 Å². The Kier molecular flexibility index (Phi) is 3.17. The van der Waals surface area contributed by atoms with Gasteiger partial charge >= 0.3 is 0 Å². The average Bonchev–Trinajstić information content (AvgIpc) is 2.57. The predicted octanol–water partition coefficient (Wildman–Crippen LogP) is 2.57. The molecule has 1 aromatic carbocycles. The highest BCUT2D eigenvalue weighted by Gasteiger charge is 2.17. The average molecular weight is 254 g/mol. The highest BCUT2D eigenvalue weighted by atomic mass is 35.5. The molecular weight excluding hydrogens is 241 g/mol. The van der Waals surface area contributed by atoms with Crippen LogP contribution < -0.4 is 5.73 Å². The number of aromatic nitrogens is 2. The predicted molar refractivity (Wildman–Crippen MR) is 65.4 cm³/mol. The summed E-state index contributed by atoms with van der Waals surface area (Å²) < 4.78 is 15.4. The molecule has 1 heterocycles. The molecule has 17 heavy (non-hydrogen) atoms. The molecule has 0 aliphatic carbocycles. The summed E-state index contributed by atoms with van der Waals surface area (Å²) >= 11 is 5.71. The number of nitrogens with two attached hydrogens (primary N) is 1. The van der Waals surface area contributed by atoms with Crippen LogP contribution in [-0.4, -0.2) is 9.78 Å². The van der Waals surface area contributed by atoms with Crippen molar-refractivity contribution < 1.29 is 4.39 Å². The van der Waals surface area contributed by atoms with Gasteiger partial charge in [-0.05, 0) is 19.1 Å². The molecule has 0 fully saturated rings. The highest BCUT2D eigenvalue weighted by molar-refractivity contribution is 6.30. The van der Waals surface area contributed by atoms with Gasteiger partial charge < -0.3 is 5.73 Å². The number of halogens is 2. The molecule has 1 atom stereocenters. The quantitative estimate of drug-likeness (QED) is 0.894. The van der Waals surface area contributed by atoms with Crippen LogP contribution in [0.4, 0.5) is 4.39 Å². The Balaban J connectivity index is 2.43. The van der Waals surface area contributed by atoms with E-state index in [4.69, 9.17) is 17.3 Å². The van der Waals surface area contributed by atoms with Crippen molar-refractivity contribution in [2.24, 2.45) is 12.8 Å². The van der Waals surface area contributed by atoms with Crippen molar-refractivity contribution in [3.8, 4) is 0 Å². The number of aryl methyl sites for hydroxylation is 2. The summed E-state index contributed by atoms with van der Waals surface area (Å²) in [7, 11) is 1.81. The second-order valence-corrected chi connectivity index (χ2v) is 4.42. The van der Waals surface area contributed by atoms with Gasteiger partial charge in [-0.3, -0.25) is 4.68 Å². The summed E-state index contributed by atoms with van der Waals surface area (Å²) in [6.45, 7) is 1.85. The van der Waals surface area contributed by atoms with E-state index in [9.17, 15) is 4.39 Å². The Hall–Kier alpha value is -1.39. The van der Waals surface area contributed by atoms with E-state index in [0.29, 0.717) is 10.6 Å². The molecular formula is C12H13ClFN3. The summed E-state index contributed by atoms with van der Waals surface area (Å²) in [6.07, 6.45) is 1.80. The molecule has 5 heteroatoms. The third-order valence-electron chi connectivity index (χ3n) is 2.68. The molecule has 2 rings (SSSR count). The minimum Gasteiger partial charge on any atom is -0.320 e. The van der Waals surface area contributed by atoms with Crippen LogP contribution in [0.2, 0.25) is 5.02 Å². The zero-order valence-corrected chi connectivity index (χ0v) is 10.4. The fourth-order valence-corrected chi connectivity index (χ4v) is 2.00. The largest absolute Gasteiger partial charge is 0.320 e. The molecule has 2 N–H and O–H groups in total. The van der Waals surface area contributed by atoms with E-state index in [0.717, 1.165) is 11.3 Å². The van der Waals surface area contributed by atoms with Crippen molar-refractivity contribution in [1.82, 2.24) is 9.78 Å². The molecule has 0 amide bonds. The molecule has 2 aromatic rings. The number of benzene rings is 1. The van der Waals surface area contributed by atoms with E-state index in [2.05, 4.69) is 5.10 Å². The zero-order chi connectivity index (χ0) is 12.6. The van der Waals surface area contributed by atoms with Gasteiger partial charge in [0.1, 0.15) is 5.82 Å². The first-order valence-corrected chi connectivity index (χ1v) is 5.57. The van der Waals surface area contributed by atoms with E-state index in [1.807, 2.05) is 6.92 Å². The van der Waals surface area contributed by atoms with Crippen LogP contribution in [0.15, 0.2) is 24.4 Å². The van der Waals surface area contributed by atoms with Crippen LogP contribution in [0.5, 0.6) is 0 Å². The summed E-state index contributed by atoms with van der Waals surface area (Å²) in [5, 5.41) is 4.56. The standard InChI is InChI=1S/C12H13ClFN3/c1-7-10(6-17(2)16-7)12(15)9-4-3-8(13)5-11(9)14/h3-6,12H,15H2,1-2H3. The molecule has 90 valence electrons. The Morgan fingerprint density at radius 1 is 1.41 bits per heavy atom. The van der Waals surface area contributed by atoms with E-state index in [1.54, 1.807) is 30.1 Å². The molecule has 0 saturated heterocycles. The molecule has 1 unspecified atom stereocenters. The van der Waals surface area contributed by atoms with Crippen LogP contribution in [-0.2, 0) is 7.05 Å². The Morgan fingerprint density at radius 3 is 2.65 bits per heavy atom. The molecule has 0 aliphatic rings. The minimum absolute atomic E-state index is 0.362. The Bertz CT molecular complexity index is 551. The fraction of sp³-hybridized carbons (Fsp3) is 0.250. The lowest BCUT2D eigenvalue weighted by Crippen LogP contribution is -2.14. The van der Waals surface area contributed by atoms with Crippen molar-refractivity contribution in [3.63, 3.8) is 0 Å². The molecule has 1 aromatic heterocycles. The SMILES string of the molecule is Cc1nn(C)cc1C(N)c1ccc(Cl)cc1F. The van der Waals surface area contributed by atoms with Crippen molar-refractivity contribution >= 4 is 11.6 Å². The molecule has 0 spiro atoms. The van der Waals surface area contributed by atoms with Gasteiger partial charge in [0.15, 0.2) is 0 Å². The minimum atomic E-state index is -0.527. The van der Waals surface area contributed by atoms with Crippen LogP contribution in [0.3, 0.4) is 0 Å². The lowest BCUT2D eigenvalue weighted by atomic mass is 10.00. The van der Waals surface area contributed by atoms with Gasteiger partial charge in [0.05, 0.1) is 11.7 Å². The van der Waals surface area contributed by atoms with Gasteiger partial charge in [0, 0.05) is 29.4 Å². The molecule has 0 aliphatic heterocycles. The second-order valence-electron chi connectivity index (χ2n) is 3.99. The maximum absolute atomic E-state index is 13.7. The van der Waals surface area contributed by atoms with Crippen LogP contribution in [0.1, 0.15) is 22.9 Å². The fourth-order valence-electron chi connectivity index (χ4n) is 1.84. The van der Waals surface area contributed by atoms with Gasteiger partial charge in [0.2, 0.25) is 0 Å². The monoisotopic (exact) mass is 253 g/mol. The smallest absolute Gasteiger partial charge is 0.129 e. The van der Waals surface area contributed by atoms with Crippen molar-refractivity contribution in [2.45, 2.75) is 13.0 Å². The summed E-state index contributed by atoms with van der Waals surface area (Å²) in [6, 6.07) is 3.98. The van der Waals surface area contributed by atoms with E-state index in [-0.39, 0.29) is 0 Å². The lowest BCUT2D eigenvalue weighted by Gasteiger charge is -2.12. The third-order valence-corrected chi connectivity index (χ3v) is 2.92. The van der Waals surface area contributed by atoms with Gasteiger partial charge in [-0.15, -0.1) is 0 Å². The first-order chi connectivity index (χ1) is 7.99. The molecule has 3 nitrogen and oxygen atoms in total. The maximum atomic E-state index is 13.7. The summed E-state index contributed by atoms with van der Waals surface area (Å²) in [5.74, 6) is -0.395. The van der Waals surface area contributed by atoms with Gasteiger partial charge in [-0.2, -0.15) is 5.10 Å². The summed E-state index contributed by atoms with van der Waals surface area (Å²) in [5.41, 5.74) is 8.08. The first kappa shape index (κ1) is 12.1. The number of hydrogen-bond donors (Lipinski definition) is 1. The highest BCUT2D eigenvalue weighted by Crippen LogP contribution is 2.25. The lowest BCUT2D eigenvalue weighted by molar-refractivity contribution is 0.599. The Labute approximate surface area is 104 Å². The van der Waals surface area contributed by atoms with Crippen molar-refractivity contribution in [2.75, 3.05) is 0 Å². The van der Waals surface area contributed by atoms with Gasteiger partial charge in [0.25, 0.3) is 0 Å². The third kappa shape index (κ3) is 2.33. The van der Waals surface area contributed by atoms with Crippen LogP contribution >= 0.6 is 11.6 Å². The van der Waals surface area contributed by atoms with Gasteiger partial charge in [-0.25, -0.2) is 4.39 Å². The zero-order valence-electron chi connectivity index (χ0n) is 9.61. The molecule has 0 saturated carbocycles. The van der Waals surface area contributed by atoms with E-state index >= 15 is 0 Å². The maximum Gasteiger partial charge on any atom is 0.129 e. The van der Waals surface area contributed by atoms with Gasteiger partial charge in [-0.1, -0.05) is 17.7 Å². The topological polar surface area (TPSA) is 43.8 Å². The first-order valence-electron chi connectivity index (χ1n) is 5.19. The van der Waals surface area contributed by atoms with Crippen molar-refractivity contribution in [1.29, 1.82) is 0 Å². The van der Waals surface area contributed by atoms with Crippen LogP contribution in [0.25, 0.3) is 0 Å². The number of rotatable bonds is 2. The Morgan fingerprint density at radius 2 is 2.12 bits per heavy atom.